The molecule has 1 aliphatic rings. The van der Waals surface area contributed by atoms with Crippen molar-refractivity contribution in [1.29, 1.82) is 0 Å². The molecule has 5 nitrogen and oxygen atoms in total. The molecule has 7 heteroatoms. The lowest BCUT2D eigenvalue weighted by Gasteiger charge is -2.19. The predicted molar refractivity (Wildman–Crippen MR) is 93.8 cm³/mol. The van der Waals surface area contributed by atoms with Gasteiger partial charge in [0.2, 0.25) is 5.91 Å². The molecule has 132 valence electrons. The molecule has 2 atom stereocenters. The lowest BCUT2D eigenvalue weighted by atomic mass is 10.2. The number of halogens is 1. The van der Waals surface area contributed by atoms with Gasteiger partial charge in [0.15, 0.2) is 11.5 Å². The summed E-state index contributed by atoms with van der Waals surface area (Å²) < 4.78 is 36.9. The van der Waals surface area contributed by atoms with E-state index in [2.05, 4.69) is 5.32 Å². The van der Waals surface area contributed by atoms with Gasteiger partial charge in [-0.15, -0.1) is 0 Å². The highest BCUT2D eigenvalue weighted by Gasteiger charge is 2.22. The molecule has 0 saturated heterocycles. The molecule has 0 aromatic heterocycles. The van der Waals surface area contributed by atoms with Crippen molar-refractivity contribution in [2.75, 3.05) is 18.5 Å². The number of fused-ring (bicyclic) bond motifs is 1. The summed E-state index contributed by atoms with van der Waals surface area (Å²) in [6, 6.07) is 11.2. The summed E-state index contributed by atoms with van der Waals surface area (Å²) in [4.78, 5) is 12.3. The normalized spacial score (nSPS) is 15.3. The highest BCUT2D eigenvalue weighted by Crippen LogP contribution is 2.32. The maximum absolute atomic E-state index is 13.7. The minimum Gasteiger partial charge on any atom is -0.486 e. The summed E-state index contributed by atoms with van der Waals surface area (Å²) >= 11 is 0. The van der Waals surface area contributed by atoms with Gasteiger partial charge in [-0.2, -0.15) is 0 Å². The van der Waals surface area contributed by atoms with Crippen LogP contribution in [0.15, 0.2) is 42.5 Å². The van der Waals surface area contributed by atoms with Gasteiger partial charge in [-0.1, -0.05) is 18.2 Å². The number of benzene rings is 2. The first-order valence-corrected chi connectivity index (χ1v) is 9.24. The van der Waals surface area contributed by atoms with Gasteiger partial charge in [0.05, 0.1) is 5.75 Å². The Labute approximate surface area is 147 Å². The summed E-state index contributed by atoms with van der Waals surface area (Å²) in [5.41, 5.74) is 0.865. The Hall–Kier alpha value is -2.41. The van der Waals surface area contributed by atoms with Crippen molar-refractivity contribution in [1.82, 2.24) is 0 Å². The maximum atomic E-state index is 13.7. The number of carbonyl (C=O) groups is 1. The summed E-state index contributed by atoms with van der Waals surface area (Å²) in [5.74, 6) is 0.355. The van der Waals surface area contributed by atoms with Crippen LogP contribution >= 0.6 is 0 Å². The molecule has 0 fully saturated rings. The van der Waals surface area contributed by atoms with Gasteiger partial charge in [0.1, 0.15) is 24.3 Å². The topological polar surface area (TPSA) is 64.6 Å². The average Bonchev–Trinajstić information content (AvgIpc) is 2.62. The zero-order chi connectivity index (χ0) is 17.8. The Balaban J connectivity index is 1.64. The molecular weight excluding hydrogens is 345 g/mol. The number of nitrogens with one attached hydrogen (secondary N) is 1. The number of amides is 1. The molecule has 2 aromatic rings. The van der Waals surface area contributed by atoms with E-state index in [0.717, 1.165) is 0 Å². The van der Waals surface area contributed by atoms with E-state index < -0.39 is 27.8 Å². The van der Waals surface area contributed by atoms with Crippen LogP contribution in [0, 0.1) is 5.82 Å². The average molecular weight is 363 g/mol. The quantitative estimate of drug-likeness (QED) is 0.887. The van der Waals surface area contributed by atoms with Crippen LogP contribution in [0.5, 0.6) is 11.5 Å². The molecule has 1 N–H and O–H groups in total. The van der Waals surface area contributed by atoms with Gasteiger partial charge in [0.25, 0.3) is 0 Å². The molecule has 1 heterocycles. The molecule has 25 heavy (non-hydrogen) atoms. The fraction of sp³-hybridized carbons (Fsp3) is 0.278. The number of rotatable bonds is 5. The molecule has 0 spiro atoms. The van der Waals surface area contributed by atoms with Crippen molar-refractivity contribution >= 4 is 22.4 Å². The molecule has 0 aliphatic carbocycles. The highest BCUT2D eigenvalue weighted by molar-refractivity contribution is 7.85. The van der Waals surface area contributed by atoms with Gasteiger partial charge in [-0.05, 0) is 25.1 Å². The molecule has 3 rings (SSSR count). The zero-order valence-electron chi connectivity index (χ0n) is 13.7. The SMILES string of the molecule is CC(C(=O)Nc1ccc2c(c1)OCCO2)S(=O)Cc1ccccc1F. The summed E-state index contributed by atoms with van der Waals surface area (Å²) in [5, 5.41) is 1.93. The van der Waals surface area contributed by atoms with E-state index in [1.807, 2.05) is 0 Å². The second-order valence-electron chi connectivity index (χ2n) is 5.61. The molecule has 0 saturated carbocycles. The van der Waals surface area contributed by atoms with Crippen LogP contribution in [0.4, 0.5) is 10.1 Å². The van der Waals surface area contributed by atoms with Gasteiger partial charge >= 0.3 is 0 Å². The number of anilines is 1. The lowest BCUT2D eigenvalue weighted by molar-refractivity contribution is -0.115. The van der Waals surface area contributed by atoms with Crippen LogP contribution in [0.1, 0.15) is 12.5 Å². The summed E-state index contributed by atoms with van der Waals surface area (Å²) in [6.07, 6.45) is 0. The molecule has 0 bridgehead atoms. The van der Waals surface area contributed by atoms with Gasteiger partial charge in [-0.25, -0.2) is 4.39 Å². The van der Waals surface area contributed by atoms with E-state index in [-0.39, 0.29) is 5.75 Å². The first-order valence-electron chi connectivity index (χ1n) is 7.85. The first-order chi connectivity index (χ1) is 12.0. The van der Waals surface area contributed by atoms with Crippen molar-refractivity contribution in [3.8, 4) is 11.5 Å². The van der Waals surface area contributed by atoms with Crippen LogP contribution in [-0.4, -0.2) is 28.6 Å². The largest absolute Gasteiger partial charge is 0.486 e. The van der Waals surface area contributed by atoms with Gasteiger partial charge in [-0.3, -0.25) is 9.00 Å². The highest BCUT2D eigenvalue weighted by atomic mass is 32.2. The number of hydrogen-bond donors (Lipinski definition) is 1. The molecule has 2 unspecified atom stereocenters. The van der Waals surface area contributed by atoms with E-state index in [1.54, 1.807) is 43.3 Å². The van der Waals surface area contributed by atoms with Gasteiger partial charge < -0.3 is 14.8 Å². The second kappa shape index (κ2) is 7.65. The van der Waals surface area contributed by atoms with E-state index in [4.69, 9.17) is 9.47 Å². The van der Waals surface area contributed by atoms with Crippen LogP contribution in [0.25, 0.3) is 0 Å². The van der Waals surface area contributed by atoms with E-state index in [0.29, 0.717) is 36.0 Å². The third kappa shape index (κ3) is 4.17. The molecule has 1 amide bonds. The smallest absolute Gasteiger partial charge is 0.239 e. The number of carbonyl (C=O) groups excluding carboxylic acids is 1. The van der Waals surface area contributed by atoms with Crippen molar-refractivity contribution in [3.05, 3.63) is 53.8 Å². The minimum atomic E-state index is -1.54. The van der Waals surface area contributed by atoms with Crippen molar-refractivity contribution in [2.24, 2.45) is 0 Å². The van der Waals surface area contributed by atoms with E-state index in [9.17, 15) is 13.4 Å². The Kier molecular flexibility index (Phi) is 5.33. The fourth-order valence-electron chi connectivity index (χ4n) is 2.38. The predicted octanol–water partition coefficient (Wildman–Crippen LogP) is 2.87. The minimum absolute atomic E-state index is 0.0115. The second-order valence-corrected chi connectivity index (χ2v) is 7.36. The van der Waals surface area contributed by atoms with E-state index >= 15 is 0 Å². The van der Waals surface area contributed by atoms with Crippen molar-refractivity contribution < 1.29 is 22.9 Å². The maximum Gasteiger partial charge on any atom is 0.239 e. The molecular formula is C18H18FNO4S. The third-order valence-electron chi connectivity index (χ3n) is 3.83. The summed E-state index contributed by atoms with van der Waals surface area (Å²) in [7, 11) is -1.54. The van der Waals surface area contributed by atoms with Gasteiger partial charge in [0, 0.05) is 28.1 Å². The Morgan fingerprint density at radius 2 is 1.92 bits per heavy atom. The number of ether oxygens (including phenoxy) is 2. The third-order valence-corrected chi connectivity index (χ3v) is 5.43. The van der Waals surface area contributed by atoms with Crippen molar-refractivity contribution in [2.45, 2.75) is 17.9 Å². The zero-order valence-corrected chi connectivity index (χ0v) is 14.5. The lowest BCUT2D eigenvalue weighted by Crippen LogP contribution is -2.30. The standard InChI is InChI=1S/C18H18FNO4S/c1-12(25(22)11-13-4-2-3-5-15(13)19)18(21)20-14-6-7-16-17(10-14)24-9-8-23-16/h2-7,10,12H,8-9,11H2,1H3,(H,20,21). The fourth-order valence-corrected chi connectivity index (χ4v) is 3.47. The van der Waals surface area contributed by atoms with Crippen LogP contribution < -0.4 is 14.8 Å². The molecule has 2 aromatic carbocycles. The Bertz CT molecular complexity index is 811. The molecule has 1 aliphatic heterocycles. The first kappa shape index (κ1) is 17.4. The van der Waals surface area contributed by atoms with Crippen molar-refractivity contribution in [3.63, 3.8) is 0 Å². The monoisotopic (exact) mass is 363 g/mol. The van der Waals surface area contributed by atoms with Crippen LogP contribution in [0.3, 0.4) is 0 Å². The Morgan fingerprint density at radius 1 is 1.20 bits per heavy atom. The van der Waals surface area contributed by atoms with Crippen LogP contribution in [0.2, 0.25) is 0 Å². The van der Waals surface area contributed by atoms with Crippen LogP contribution in [-0.2, 0) is 21.3 Å². The number of hydrogen-bond acceptors (Lipinski definition) is 4. The Morgan fingerprint density at radius 3 is 2.68 bits per heavy atom. The van der Waals surface area contributed by atoms with E-state index in [1.165, 1.54) is 6.07 Å². The summed E-state index contributed by atoms with van der Waals surface area (Å²) in [6.45, 7) is 2.50. The molecule has 0 radical (unpaired) electrons.